The van der Waals surface area contributed by atoms with Gasteiger partial charge in [0.1, 0.15) is 0 Å². The molecule has 1 nitrogen and oxygen atoms in total. The van der Waals surface area contributed by atoms with Crippen LogP contribution in [0.2, 0.25) is 0 Å². The van der Waals surface area contributed by atoms with E-state index < -0.39 is 0 Å². The largest absolute Gasteiger partial charge is 0.368 e. The summed E-state index contributed by atoms with van der Waals surface area (Å²) in [6.45, 7) is 1.24. The Bertz CT molecular complexity index is 385. The Kier molecular flexibility index (Phi) is 3.79. The Morgan fingerprint density at radius 1 is 1.00 bits per heavy atom. The van der Waals surface area contributed by atoms with Gasteiger partial charge in [0.25, 0.3) is 0 Å². The van der Waals surface area contributed by atoms with E-state index in [9.17, 15) is 0 Å². The van der Waals surface area contributed by atoms with Gasteiger partial charge in [-0.15, -0.1) is 11.6 Å². The highest BCUT2D eigenvalue weighted by atomic mass is 35.5. The van der Waals surface area contributed by atoms with Crippen LogP contribution in [0.1, 0.15) is 44.1 Å². The van der Waals surface area contributed by atoms with Gasteiger partial charge < -0.3 is 4.90 Å². The van der Waals surface area contributed by atoms with Gasteiger partial charge in [-0.3, -0.25) is 0 Å². The first-order valence-corrected chi connectivity index (χ1v) is 7.83. The van der Waals surface area contributed by atoms with Crippen molar-refractivity contribution in [2.75, 3.05) is 11.4 Å². The monoisotopic (exact) mass is 263 g/mol. The van der Waals surface area contributed by atoms with Crippen molar-refractivity contribution < 1.29 is 0 Å². The molecule has 0 radical (unpaired) electrons. The number of anilines is 1. The van der Waals surface area contributed by atoms with Crippen LogP contribution in [0.5, 0.6) is 0 Å². The molecule has 0 aromatic heterocycles. The number of benzene rings is 1. The molecule has 0 bridgehead atoms. The number of halogens is 1. The molecular weight excluding hydrogens is 242 g/mol. The van der Waals surface area contributed by atoms with Crippen LogP contribution in [0.3, 0.4) is 0 Å². The van der Waals surface area contributed by atoms with Gasteiger partial charge in [0.05, 0.1) is 0 Å². The smallest absolute Gasteiger partial charge is 0.0474 e. The van der Waals surface area contributed by atoms with E-state index in [0.29, 0.717) is 5.88 Å². The van der Waals surface area contributed by atoms with Crippen LogP contribution in [-0.4, -0.2) is 12.6 Å². The Morgan fingerprint density at radius 3 is 2.50 bits per heavy atom. The third-order valence-corrected chi connectivity index (χ3v) is 4.97. The maximum absolute atomic E-state index is 5.86. The standard InChI is InChI=1S/C16H22ClN/c17-12-13-7-9-15(10-8-13)18-11-3-5-14-4-1-2-6-16(14)18/h7-10,14,16H,1-6,11-12H2. The lowest BCUT2D eigenvalue weighted by atomic mass is 9.78. The van der Waals surface area contributed by atoms with Gasteiger partial charge in [-0.05, 0) is 49.3 Å². The number of hydrogen-bond donors (Lipinski definition) is 0. The predicted molar refractivity (Wildman–Crippen MR) is 78.3 cm³/mol. The Balaban J connectivity index is 1.80. The molecule has 0 amide bonds. The molecule has 0 N–H and O–H groups in total. The van der Waals surface area contributed by atoms with Crippen LogP contribution in [-0.2, 0) is 5.88 Å². The fourth-order valence-electron chi connectivity index (χ4n) is 3.72. The summed E-state index contributed by atoms with van der Waals surface area (Å²) in [4.78, 5) is 2.66. The fourth-order valence-corrected chi connectivity index (χ4v) is 3.90. The average Bonchev–Trinajstić information content (AvgIpc) is 2.47. The van der Waals surface area contributed by atoms with Gasteiger partial charge in [0.15, 0.2) is 0 Å². The first kappa shape index (κ1) is 12.3. The van der Waals surface area contributed by atoms with Crippen LogP contribution in [0.15, 0.2) is 24.3 Å². The first-order valence-electron chi connectivity index (χ1n) is 7.30. The van der Waals surface area contributed by atoms with Gasteiger partial charge in [-0.2, -0.15) is 0 Å². The van der Waals surface area contributed by atoms with Crippen molar-refractivity contribution in [1.29, 1.82) is 0 Å². The highest BCUT2D eigenvalue weighted by molar-refractivity contribution is 6.17. The summed E-state index contributed by atoms with van der Waals surface area (Å²) in [6, 6.07) is 9.67. The Morgan fingerprint density at radius 2 is 1.72 bits per heavy atom. The summed E-state index contributed by atoms with van der Waals surface area (Å²) < 4.78 is 0. The highest BCUT2D eigenvalue weighted by Gasteiger charge is 2.33. The van der Waals surface area contributed by atoms with E-state index in [2.05, 4.69) is 29.2 Å². The number of nitrogens with zero attached hydrogens (tertiary/aromatic N) is 1. The number of piperidine rings is 1. The van der Waals surface area contributed by atoms with Crippen molar-refractivity contribution in [3.63, 3.8) is 0 Å². The predicted octanol–water partition coefficient (Wildman–Crippen LogP) is 4.58. The van der Waals surface area contributed by atoms with Crippen molar-refractivity contribution in [2.45, 2.75) is 50.4 Å². The second-order valence-corrected chi connectivity index (χ2v) is 6.01. The maximum atomic E-state index is 5.86. The SMILES string of the molecule is ClCc1ccc(N2CCCC3CCCCC32)cc1. The zero-order valence-electron chi connectivity index (χ0n) is 10.9. The van der Waals surface area contributed by atoms with E-state index in [0.717, 1.165) is 12.0 Å². The summed E-state index contributed by atoms with van der Waals surface area (Å²) in [5.74, 6) is 1.56. The molecule has 1 aliphatic carbocycles. The molecule has 1 aromatic carbocycles. The first-order chi connectivity index (χ1) is 8.88. The van der Waals surface area contributed by atoms with E-state index >= 15 is 0 Å². The number of alkyl halides is 1. The van der Waals surface area contributed by atoms with E-state index in [1.165, 1.54) is 56.3 Å². The van der Waals surface area contributed by atoms with Crippen molar-refractivity contribution >= 4 is 17.3 Å². The highest BCUT2D eigenvalue weighted by Crippen LogP contribution is 2.37. The average molecular weight is 264 g/mol. The summed E-state index contributed by atoms with van der Waals surface area (Å²) >= 11 is 5.86. The minimum atomic E-state index is 0.617. The molecule has 1 saturated carbocycles. The lowest BCUT2D eigenvalue weighted by molar-refractivity contribution is 0.244. The quantitative estimate of drug-likeness (QED) is 0.706. The zero-order valence-corrected chi connectivity index (χ0v) is 11.7. The van der Waals surface area contributed by atoms with Gasteiger partial charge in [-0.25, -0.2) is 0 Å². The van der Waals surface area contributed by atoms with Gasteiger partial charge in [0, 0.05) is 24.2 Å². The third-order valence-electron chi connectivity index (χ3n) is 4.67. The fraction of sp³-hybridized carbons (Fsp3) is 0.625. The molecular formula is C16H22ClN. The van der Waals surface area contributed by atoms with Crippen LogP contribution in [0, 0.1) is 5.92 Å². The minimum Gasteiger partial charge on any atom is -0.368 e. The number of hydrogen-bond acceptors (Lipinski definition) is 1. The summed E-state index contributed by atoms with van der Waals surface area (Å²) in [5.41, 5.74) is 2.62. The van der Waals surface area contributed by atoms with E-state index in [-0.39, 0.29) is 0 Å². The zero-order chi connectivity index (χ0) is 12.4. The molecule has 2 heteroatoms. The Labute approximate surface area is 115 Å². The second-order valence-electron chi connectivity index (χ2n) is 5.75. The molecule has 0 spiro atoms. The number of fused-ring (bicyclic) bond motifs is 1. The van der Waals surface area contributed by atoms with Gasteiger partial charge >= 0.3 is 0 Å². The van der Waals surface area contributed by atoms with Crippen molar-refractivity contribution in [3.05, 3.63) is 29.8 Å². The van der Waals surface area contributed by atoms with Crippen LogP contribution in [0.4, 0.5) is 5.69 Å². The Hall–Kier alpha value is -0.690. The molecule has 98 valence electrons. The normalized spacial score (nSPS) is 27.9. The summed E-state index contributed by atoms with van der Waals surface area (Å²) in [5, 5.41) is 0. The third kappa shape index (κ3) is 2.38. The van der Waals surface area contributed by atoms with E-state index in [1.54, 1.807) is 0 Å². The molecule has 3 rings (SSSR count). The van der Waals surface area contributed by atoms with Crippen molar-refractivity contribution in [1.82, 2.24) is 0 Å². The van der Waals surface area contributed by atoms with Gasteiger partial charge in [-0.1, -0.05) is 25.0 Å². The van der Waals surface area contributed by atoms with Crippen molar-refractivity contribution in [2.24, 2.45) is 5.92 Å². The van der Waals surface area contributed by atoms with E-state index in [4.69, 9.17) is 11.6 Å². The molecule has 2 atom stereocenters. The van der Waals surface area contributed by atoms with Crippen molar-refractivity contribution in [3.8, 4) is 0 Å². The topological polar surface area (TPSA) is 3.24 Å². The van der Waals surface area contributed by atoms with Crippen LogP contribution < -0.4 is 4.90 Å². The lowest BCUT2D eigenvalue weighted by Gasteiger charge is -2.45. The summed E-state index contributed by atoms with van der Waals surface area (Å²) in [7, 11) is 0. The van der Waals surface area contributed by atoms with Crippen LogP contribution in [0.25, 0.3) is 0 Å². The second kappa shape index (κ2) is 5.52. The molecule has 2 unspecified atom stereocenters. The lowest BCUT2D eigenvalue weighted by Crippen LogP contribution is -2.46. The van der Waals surface area contributed by atoms with E-state index in [1.807, 2.05) is 0 Å². The minimum absolute atomic E-state index is 0.617. The van der Waals surface area contributed by atoms with Crippen LogP contribution >= 0.6 is 11.6 Å². The molecule has 1 saturated heterocycles. The molecule has 18 heavy (non-hydrogen) atoms. The molecule has 1 aliphatic heterocycles. The van der Waals surface area contributed by atoms with Gasteiger partial charge in [0.2, 0.25) is 0 Å². The molecule has 2 fully saturated rings. The molecule has 1 aromatic rings. The maximum Gasteiger partial charge on any atom is 0.0474 e. The molecule has 2 aliphatic rings. The number of rotatable bonds is 2. The summed E-state index contributed by atoms with van der Waals surface area (Å²) in [6.07, 6.45) is 8.50. The molecule has 1 heterocycles.